The van der Waals surface area contributed by atoms with Crippen molar-refractivity contribution < 1.29 is 58.9 Å². The lowest BCUT2D eigenvalue weighted by molar-refractivity contribution is -0.160. The number of ether oxygens (including phenoxy) is 4. The average molecular weight is 816 g/mol. The number of fused-ring (bicyclic) bond motifs is 14. The molecule has 3 heterocycles. The van der Waals surface area contributed by atoms with Crippen LogP contribution in [0.15, 0.2) is 71.6 Å². The second-order valence-corrected chi connectivity index (χ2v) is 15.4. The summed E-state index contributed by atoms with van der Waals surface area (Å²) in [5.74, 6) is -8.60. The third-order valence-corrected chi connectivity index (χ3v) is 11.2. The number of phenols is 3. The van der Waals surface area contributed by atoms with Crippen molar-refractivity contribution in [3.63, 3.8) is 0 Å². The van der Waals surface area contributed by atoms with Crippen LogP contribution in [0.4, 0.5) is 11.4 Å². The molecule has 15 heteroatoms. The van der Waals surface area contributed by atoms with E-state index in [1.807, 2.05) is 6.07 Å². The van der Waals surface area contributed by atoms with Gasteiger partial charge in [0.05, 0.1) is 58.7 Å². The lowest BCUT2D eigenvalue weighted by Crippen LogP contribution is -2.46. The number of benzene rings is 3. The van der Waals surface area contributed by atoms with E-state index in [2.05, 4.69) is 15.8 Å². The molecular weight excluding hydrogens is 762 g/mol. The molecule has 0 fully saturated rings. The fourth-order valence-corrected chi connectivity index (χ4v) is 7.56. The molecule has 0 saturated heterocycles. The van der Waals surface area contributed by atoms with E-state index in [0.29, 0.717) is 5.69 Å². The van der Waals surface area contributed by atoms with Gasteiger partial charge in [-0.25, -0.2) is 0 Å². The van der Waals surface area contributed by atoms with E-state index in [0.717, 1.165) is 6.21 Å². The number of hydrogen-bond donors (Lipinski definition) is 7. The number of Topliss-reactive ketones (excluding diaryl/α,β-unsaturated/α-hetero) is 1. The Morgan fingerprint density at radius 1 is 0.932 bits per heavy atom. The highest BCUT2D eigenvalue weighted by Crippen LogP contribution is 2.55. The first-order valence-corrected chi connectivity index (χ1v) is 19.3. The van der Waals surface area contributed by atoms with Crippen LogP contribution in [0.25, 0.3) is 10.8 Å². The molecule has 9 atom stereocenters. The maximum atomic E-state index is 14.4. The van der Waals surface area contributed by atoms with E-state index in [1.165, 1.54) is 53.2 Å². The van der Waals surface area contributed by atoms with Crippen molar-refractivity contribution in [2.75, 3.05) is 17.9 Å². The van der Waals surface area contributed by atoms with Crippen molar-refractivity contribution >= 4 is 46.0 Å². The number of aliphatic hydroxyl groups excluding tert-OH is 2. The molecule has 3 aromatic carbocycles. The number of carbonyl (C=O) groups is 3. The standard InChI is InChI=1S/C44H53N3O12/c1-21-14-13-15-22(2)43(55)46-34-29(20-45-47-28-16-11-10-12-17-28)38(52)31-32(39(34)53)37(51)26(6)41-33(31)42(54)44(8,59-41)57-19-18-30(56-9)23(3)40(58-27(7)48)25(5)36(50)24(4)35(21)49/h10-21,23-25,30,35-36,40,47,49-53H,1-9H3,(H,46,55)/b14-13+,19-18+,22-15+,45-20+. The van der Waals surface area contributed by atoms with Crippen molar-refractivity contribution in [2.24, 2.45) is 28.8 Å². The van der Waals surface area contributed by atoms with Crippen LogP contribution in [0, 0.1) is 30.6 Å². The number of esters is 1. The number of anilines is 2. The number of ketones is 1. The molecule has 3 aliphatic heterocycles. The van der Waals surface area contributed by atoms with E-state index in [-0.39, 0.29) is 44.5 Å². The van der Waals surface area contributed by atoms with E-state index in [1.54, 1.807) is 64.1 Å². The van der Waals surface area contributed by atoms with Crippen LogP contribution < -0.4 is 15.5 Å². The molecule has 7 N–H and O–H groups in total. The summed E-state index contributed by atoms with van der Waals surface area (Å²) in [6.07, 6.45) is 4.61. The highest BCUT2D eigenvalue weighted by atomic mass is 16.7. The van der Waals surface area contributed by atoms with Gasteiger partial charge in [0.2, 0.25) is 0 Å². The van der Waals surface area contributed by atoms with Crippen LogP contribution in [0.2, 0.25) is 0 Å². The molecular formula is C44H53N3O12. The number of nitrogens with one attached hydrogen (secondary N) is 2. The van der Waals surface area contributed by atoms with Gasteiger partial charge in [0.1, 0.15) is 23.4 Å². The van der Waals surface area contributed by atoms with Gasteiger partial charge in [-0.05, 0) is 32.1 Å². The Balaban J connectivity index is 1.71. The summed E-state index contributed by atoms with van der Waals surface area (Å²) < 4.78 is 23.5. The number of aliphatic hydroxyl groups is 2. The van der Waals surface area contributed by atoms with Crippen molar-refractivity contribution in [3.05, 3.63) is 83.2 Å². The number of phenolic OH excluding ortho intramolecular Hbond substituents is 3. The first kappa shape index (κ1) is 44.2. The maximum Gasteiger partial charge on any atom is 0.312 e. The number of rotatable bonds is 5. The Hall–Kier alpha value is -5.90. The molecule has 59 heavy (non-hydrogen) atoms. The highest BCUT2D eigenvalue weighted by Gasteiger charge is 2.50. The Labute approximate surface area is 342 Å². The van der Waals surface area contributed by atoms with Crippen LogP contribution in [0.5, 0.6) is 23.0 Å². The summed E-state index contributed by atoms with van der Waals surface area (Å²) in [4.78, 5) is 40.4. The molecule has 1 amide bonds. The lowest BCUT2D eigenvalue weighted by atomic mass is 9.78. The molecule has 0 aromatic heterocycles. The summed E-state index contributed by atoms with van der Waals surface area (Å²) in [5.41, 5.74) is 2.84. The zero-order valence-electron chi connectivity index (χ0n) is 34.5. The third-order valence-electron chi connectivity index (χ3n) is 11.2. The minimum atomic E-state index is -2.06. The Morgan fingerprint density at radius 2 is 1.61 bits per heavy atom. The number of amides is 1. The van der Waals surface area contributed by atoms with Crippen molar-refractivity contribution in [1.29, 1.82) is 0 Å². The molecule has 5 bridgehead atoms. The SMILES string of the molecule is COC1/C=C/OC2(C)Oc3c(C)c(O)c4c(O)c(c(/C=N/Nc5ccccc5)c(O)c4c3C2=O)NC(=O)/C(C)=C/C=C/C(C)C(O)C(C)C(O)C(C)C(OC(C)=O)C1C. The van der Waals surface area contributed by atoms with Gasteiger partial charge >= 0.3 is 11.8 Å². The molecule has 0 saturated carbocycles. The number of nitrogens with zero attached hydrogens (tertiary/aromatic N) is 1. The van der Waals surface area contributed by atoms with Gasteiger partial charge in [0.15, 0.2) is 5.75 Å². The van der Waals surface area contributed by atoms with Gasteiger partial charge in [0, 0.05) is 61.2 Å². The number of hydrazone groups is 1. The summed E-state index contributed by atoms with van der Waals surface area (Å²) in [7, 11) is 1.43. The summed E-state index contributed by atoms with van der Waals surface area (Å²) in [5, 5.41) is 64.4. The predicted octanol–water partition coefficient (Wildman–Crippen LogP) is 6.20. The van der Waals surface area contributed by atoms with Crippen LogP contribution in [-0.4, -0.2) is 86.7 Å². The monoisotopic (exact) mass is 815 g/mol. The second kappa shape index (κ2) is 17.9. The normalized spacial score (nSPS) is 30.0. The summed E-state index contributed by atoms with van der Waals surface area (Å²) in [6.45, 7) is 12.4. The zero-order valence-corrected chi connectivity index (χ0v) is 34.5. The quantitative estimate of drug-likeness (QED) is 0.0501. The van der Waals surface area contributed by atoms with Crippen molar-refractivity contribution in [3.8, 4) is 23.0 Å². The Morgan fingerprint density at radius 3 is 2.25 bits per heavy atom. The minimum absolute atomic E-state index is 0.0359. The zero-order chi connectivity index (χ0) is 43.5. The Bertz CT molecular complexity index is 2220. The molecule has 0 radical (unpaired) electrons. The fourth-order valence-electron chi connectivity index (χ4n) is 7.56. The van der Waals surface area contributed by atoms with Crippen LogP contribution >= 0.6 is 0 Å². The Kier molecular flexibility index (Phi) is 13.4. The molecule has 6 rings (SSSR count). The van der Waals surface area contributed by atoms with Crippen LogP contribution in [0.3, 0.4) is 0 Å². The summed E-state index contributed by atoms with van der Waals surface area (Å²) in [6, 6.07) is 8.84. The first-order chi connectivity index (χ1) is 27.8. The van der Waals surface area contributed by atoms with Crippen LogP contribution in [0.1, 0.15) is 70.0 Å². The number of allylic oxidation sites excluding steroid dienone is 2. The predicted molar refractivity (Wildman–Crippen MR) is 221 cm³/mol. The van der Waals surface area contributed by atoms with Gasteiger partial charge in [-0.3, -0.25) is 19.8 Å². The minimum Gasteiger partial charge on any atom is -0.507 e. The highest BCUT2D eigenvalue weighted by molar-refractivity contribution is 6.23. The fraction of sp³-hybridized carbons (Fsp3) is 0.409. The van der Waals surface area contributed by atoms with E-state index >= 15 is 0 Å². The third kappa shape index (κ3) is 8.77. The van der Waals surface area contributed by atoms with E-state index in [9.17, 15) is 39.9 Å². The average Bonchev–Trinajstić information content (AvgIpc) is 3.47. The largest absolute Gasteiger partial charge is 0.507 e. The number of aromatic hydroxyl groups is 3. The molecule has 3 aliphatic rings. The number of hydrogen-bond acceptors (Lipinski definition) is 14. The van der Waals surface area contributed by atoms with Crippen molar-refractivity contribution in [2.45, 2.75) is 85.6 Å². The second-order valence-electron chi connectivity index (χ2n) is 15.4. The molecule has 9 unspecified atom stereocenters. The molecule has 15 nitrogen and oxygen atoms in total. The van der Waals surface area contributed by atoms with E-state index < -0.39 is 88.8 Å². The topological polar surface area (TPSA) is 226 Å². The lowest BCUT2D eigenvalue weighted by Gasteiger charge is -2.38. The van der Waals surface area contributed by atoms with Gasteiger partial charge < -0.3 is 49.8 Å². The molecule has 316 valence electrons. The van der Waals surface area contributed by atoms with Gasteiger partial charge in [-0.1, -0.05) is 64.1 Å². The van der Waals surface area contributed by atoms with Crippen molar-refractivity contribution in [1.82, 2.24) is 0 Å². The smallest absolute Gasteiger partial charge is 0.312 e. The van der Waals surface area contributed by atoms with Gasteiger partial charge in [0.25, 0.3) is 11.7 Å². The molecule has 0 spiro atoms. The van der Waals surface area contributed by atoms with Crippen LogP contribution in [-0.2, 0) is 23.8 Å². The number of carbonyl (C=O) groups excluding carboxylic acids is 3. The number of para-hydroxylation sites is 1. The number of methoxy groups -OCH3 is 1. The maximum absolute atomic E-state index is 14.4. The van der Waals surface area contributed by atoms with E-state index in [4.69, 9.17) is 18.9 Å². The molecule has 3 aromatic rings. The summed E-state index contributed by atoms with van der Waals surface area (Å²) >= 11 is 0. The van der Waals surface area contributed by atoms with Gasteiger partial charge in [-0.2, -0.15) is 5.10 Å². The van der Waals surface area contributed by atoms with Gasteiger partial charge in [-0.15, -0.1) is 0 Å². The first-order valence-electron chi connectivity index (χ1n) is 19.3. The molecule has 0 aliphatic carbocycles.